The number of likely N-dealkylation sites (N-methyl/N-ethyl adjacent to an activating group) is 1. The van der Waals surface area contributed by atoms with E-state index in [1.54, 1.807) is 24.3 Å². The third-order valence-electron chi connectivity index (χ3n) is 5.13. The van der Waals surface area contributed by atoms with Crippen molar-refractivity contribution < 1.29 is 19.1 Å². The molecule has 1 aliphatic rings. The molecule has 0 aliphatic carbocycles. The molecule has 1 fully saturated rings. The van der Waals surface area contributed by atoms with Crippen molar-refractivity contribution in [1.82, 2.24) is 4.90 Å². The van der Waals surface area contributed by atoms with E-state index in [2.05, 4.69) is 22.0 Å². The summed E-state index contributed by atoms with van der Waals surface area (Å²) in [4.78, 5) is 29.1. The normalized spacial score (nSPS) is 14.4. The molecule has 1 heterocycles. The van der Waals surface area contributed by atoms with Gasteiger partial charge in [-0.25, -0.2) is 4.79 Å². The largest absolute Gasteiger partial charge is 0.491 e. The molecule has 0 spiro atoms. The molecule has 31 heavy (non-hydrogen) atoms. The minimum Gasteiger partial charge on any atom is -0.491 e. The zero-order valence-corrected chi connectivity index (χ0v) is 18.5. The van der Waals surface area contributed by atoms with Crippen molar-refractivity contribution in [2.45, 2.75) is 26.9 Å². The maximum atomic E-state index is 12.2. The predicted octanol–water partition coefficient (Wildman–Crippen LogP) is 3.41. The maximum absolute atomic E-state index is 12.2. The third-order valence-corrected chi connectivity index (χ3v) is 5.13. The predicted molar refractivity (Wildman–Crippen MR) is 122 cm³/mol. The van der Waals surface area contributed by atoms with Crippen molar-refractivity contribution in [3.63, 3.8) is 0 Å². The van der Waals surface area contributed by atoms with E-state index in [4.69, 9.17) is 9.47 Å². The lowest BCUT2D eigenvalue weighted by atomic mass is 10.2. The van der Waals surface area contributed by atoms with Crippen molar-refractivity contribution in [3.8, 4) is 5.75 Å². The Morgan fingerprint density at radius 2 is 1.61 bits per heavy atom. The highest BCUT2D eigenvalue weighted by Gasteiger charge is 2.16. The molecule has 1 amide bonds. The van der Waals surface area contributed by atoms with Crippen LogP contribution in [0.2, 0.25) is 0 Å². The molecule has 166 valence electrons. The number of hydrogen-bond acceptors (Lipinski definition) is 6. The Labute approximate surface area is 183 Å². The zero-order valence-electron chi connectivity index (χ0n) is 18.5. The molecule has 0 unspecified atom stereocenters. The first-order chi connectivity index (χ1) is 14.9. The number of nitrogens with one attached hydrogen (secondary N) is 1. The van der Waals surface area contributed by atoms with E-state index < -0.39 is 5.97 Å². The summed E-state index contributed by atoms with van der Waals surface area (Å²) in [7, 11) is 0. The number of carbonyl (C=O) groups excluding carboxylic acids is 2. The molecule has 2 aromatic carbocycles. The van der Waals surface area contributed by atoms with Crippen LogP contribution in [-0.4, -0.2) is 62.2 Å². The average Bonchev–Trinajstić information content (AvgIpc) is 2.78. The van der Waals surface area contributed by atoms with E-state index in [-0.39, 0.29) is 18.6 Å². The van der Waals surface area contributed by atoms with Gasteiger partial charge in [0.2, 0.25) is 0 Å². The highest BCUT2D eigenvalue weighted by molar-refractivity contribution is 5.95. The second-order valence-corrected chi connectivity index (χ2v) is 7.78. The number of piperazine rings is 1. The summed E-state index contributed by atoms with van der Waals surface area (Å²) in [5.41, 5.74) is 2.19. The topological polar surface area (TPSA) is 71.1 Å². The SMILES string of the molecule is CCN1CCN(c2ccc(NC(=O)COC(=O)c3ccc(OC(C)C)cc3)cc2)CC1. The van der Waals surface area contributed by atoms with Gasteiger partial charge in [-0.3, -0.25) is 4.79 Å². The summed E-state index contributed by atoms with van der Waals surface area (Å²) in [6, 6.07) is 14.4. The summed E-state index contributed by atoms with van der Waals surface area (Å²) < 4.78 is 10.7. The molecule has 0 aromatic heterocycles. The van der Waals surface area contributed by atoms with Gasteiger partial charge in [-0.1, -0.05) is 6.92 Å². The molecule has 2 aromatic rings. The van der Waals surface area contributed by atoms with Gasteiger partial charge in [0.1, 0.15) is 5.75 Å². The number of benzene rings is 2. The summed E-state index contributed by atoms with van der Waals surface area (Å²) >= 11 is 0. The molecule has 7 nitrogen and oxygen atoms in total. The van der Waals surface area contributed by atoms with E-state index in [9.17, 15) is 9.59 Å². The highest BCUT2D eigenvalue weighted by Crippen LogP contribution is 2.20. The zero-order chi connectivity index (χ0) is 22.2. The van der Waals surface area contributed by atoms with Gasteiger partial charge in [0, 0.05) is 37.6 Å². The van der Waals surface area contributed by atoms with Crippen LogP contribution in [0.25, 0.3) is 0 Å². The Kier molecular flexibility index (Phi) is 7.89. The van der Waals surface area contributed by atoms with Crippen LogP contribution in [0.3, 0.4) is 0 Å². The first-order valence-electron chi connectivity index (χ1n) is 10.8. The Morgan fingerprint density at radius 1 is 0.968 bits per heavy atom. The lowest BCUT2D eigenvalue weighted by Gasteiger charge is -2.35. The molecule has 1 saturated heterocycles. The molecule has 1 N–H and O–H groups in total. The van der Waals surface area contributed by atoms with E-state index in [0.29, 0.717) is 17.0 Å². The molecule has 3 rings (SSSR count). The van der Waals surface area contributed by atoms with Gasteiger partial charge in [0.25, 0.3) is 5.91 Å². The minimum atomic E-state index is -0.548. The Morgan fingerprint density at radius 3 is 2.19 bits per heavy atom. The summed E-state index contributed by atoms with van der Waals surface area (Å²) in [5.74, 6) is -0.245. The lowest BCUT2D eigenvalue weighted by molar-refractivity contribution is -0.119. The van der Waals surface area contributed by atoms with Crippen LogP contribution in [0, 0.1) is 0 Å². The molecular formula is C24H31N3O4. The van der Waals surface area contributed by atoms with E-state index >= 15 is 0 Å². The van der Waals surface area contributed by atoms with Crippen LogP contribution in [0.4, 0.5) is 11.4 Å². The molecule has 0 atom stereocenters. The second-order valence-electron chi connectivity index (χ2n) is 7.78. The highest BCUT2D eigenvalue weighted by atomic mass is 16.5. The van der Waals surface area contributed by atoms with Crippen LogP contribution in [0.5, 0.6) is 5.75 Å². The first kappa shape index (κ1) is 22.6. The Hall–Kier alpha value is -3.06. The number of amides is 1. The van der Waals surface area contributed by atoms with Gasteiger partial charge in [0.15, 0.2) is 6.61 Å². The second kappa shape index (κ2) is 10.8. The maximum Gasteiger partial charge on any atom is 0.338 e. The molecular weight excluding hydrogens is 394 g/mol. The number of hydrogen-bond donors (Lipinski definition) is 1. The number of esters is 1. The quantitative estimate of drug-likeness (QED) is 0.654. The first-order valence-corrected chi connectivity index (χ1v) is 10.8. The van der Waals surface area contributed by atoms with E-state index in [1.165, 1.54) is 0 Å². The van der Waals surface area contributed by atoms with Gasteiger partial charge >= 0.3 is 5.97 Å². The van der Waals surface area contributed by atoms with Crippen molar-refractivity contribution in [3.05, 3.63) is 54.1 Å². The van der Waals surface area contributed by atoms with Crippen molar-refractivity contribution >= 4 is 23.3 Å². The summed E-state index contributed by atoms with van der Waals surface area (Å²) in [6.45, 7) is 10.9. The van der Waals surface area contributed by atoms with Gasteiger partial charge in [-0.15, -0.1) is 0 Å². The molecule has 0 bridgehead atoms. The van der Waals surface area contributed by atoms with Crippen LogP contribution in [-0.2, 0) is 9.53 Å². The van der Waals surface area contributed by atoms with Crippen LogP contribution in [0.1, 0.15) is 31.1 Å². The van der Waals surface area contributed by atoms with Gasteiger partial charge in [0.05, 0.1) is 11.7 Å². The molecule has 1 aliphatic heterocycles. The van der Waals surface area contributed by atoms with Gasteiger partial charge in [-0.05, 0) is 68.9 Å². The van der Waals surface area contributed by atoms with Crippen LogP contribution >= 0.6 is 0 Å². The number of ether oxygens (including phenoxy) is 2. The minimum absolute atomic E-state index is 0.0573. The number of anilines is 2. The molecule has 0 radical (unpaired) electrons. The van der Waals surface area contributed by atoms with E-state index in [0.717, 1.165) is 38.4 Å². The fourth-order valence-electron chi connectivity index (χ4n) is 3.43. The third kappa shape index (κ3) is 6.72. The summed E-state index contributed by atoms with van der Waals surface area (Å²) in [5, 5.41) is 2.76. The van der Waals surface area contributed by atoms with Crippen molar-refractivity contribution in [2.75, 3.05) is 49.5 Å². The number of carbonyl (C=O) groups is 2. The van der Waals surface area contributed by atoms with Crippen LogP contribution < -0.4 is 15.0 Å². The van der Waals surface area contributed by atoms with E-state index in [1.807, 2.05) is 38.1 Å². The Balaban J connectivity index is 1.44. The van der Waals surface area contributed by atoms with Crippen molar-refractivity contribution in [2.24, 2.45) is 0 Å². The van der Waals surface area contributed by atoms with Gasteiger partial charge in [-0.2, -0.15) is 0 Å². The standard InChI is InChI=1S/C24H31N3O4/c1-4-26-13-15-27(16-14-26)21-9-7-20(8-10-21)25-23(28)17-30-24(29)19-5-11-22(12-6-19)31-18(2)3/h5-12,18H,4,13-17H2,1-3H3,(H,25,28). The average molecular weight is 426 g/mol. The number of rotatable bonds is 8. The number of nitrogens with zero attached hydrogens (tertiary/aromatic N) is 2. The van der Waals surface area contributed by atoms with Crippen molar-refractivity contribution in [1.29, 1.82) is 0 Å². The molecule has 0 saturated carbocycles. The lowest BCUT2D eigenvalue weighted by Crippen LogP contribution is -2.46. The van der Waals surface area contributed by atoms with Gasteiger partial charge < -0.3 is 24.6 Å². The monoisotopic (exact) mass is 425 g/mol. The summed E-state index contributed by atoms with van der Waals surface area (Å²) in [6.07, 6.45) is 0.0573. The van der Waals surface area contributed by atoms with Crippen LogP contribution in [0.15, 0.2) is 48.5 Å². The fourth-order valence-corrected chi connectivity index (χ4v) is 3.43. The fraction of sp³-hybridized carbons (Fsp3) is 0.417. The Bertz CT molecular complexity index is 857. The smallest absolute Gasteiger partial charge is 0.338 e. The molecule has 7 heteroatoms.